The van der Waals surface area contributed by atoms with E-state index in [1.54, 1.807) is 10.6 Å². The molecule has 1 N–H and O–H groups in total. The van der Waals surface area contributed by atoms with Crippen LogP contribution in [0.1, 0.15) is 54.2 Å². The Morgan fingerprint density at radius 2 is 1.75 bits per heavy atom. The van der Waals surface area contributed by atoms with Crippen LogP contribution in [0.2, 0.25) is 0 Å². The van der Waals surface area contributed by atoms with Crippen LogP contribution in [0.3, 0.4) is 0 Å². The van der Waals surface area contributed by atoms with Gasteiger partial charge in [0.05, 0.1) is 11.0 Å². The highest BCUT2D eigenvalue weighted by Gasteiger charge is 2.23. The molecule has 0 radical (unpaired) electrons. The van der Waals surface area contributed by atoms with Gasteiger partial charge in [-0.2, -0.15) is 0 Å². The largest absolute Gasteiger partial charge is 0.492 e. The minimum Gasteiger partial charge on any atom is -0.492 e. The standard InChI is InChI=1S/C32H37FN4O3/c1-3-36(4-2)31(38)24-11-9-23(10-12-24)21-25-7-5-6-8-30(25)40-20-19-35-17-15-27(16-18-35)37-29-14-13-26(33)22-28(29)34-32(37)39/h5-14,22,27H,3-4,15-21H2,1-2H3,(H,34,39). The molecule has 1 aliphatic heterocycles. The highest BCUT2D eigenvalue weighted by atomic mass is 19.1. The summed E-state index contributed by atoms with van der Waals surface area (Å²) in [5, 5.41) is 0. The first kappa shape index (κ1) is 27.6. The van der Waals surface area contributed by atoms with Crippen molar-refractivity contribution in [2.45, 2.75) is 39.2 Å². The van der Waals surface area contributed by atoms with E-state index in [1.165, 1.54) is 12.1 Å². The molecule has 210 valence electrons. The number of hydrogen-bond donors (Lipinski definition) is 1. The Morgan fingerprint density at radius 1 is 1.02 bits per heavy atom. The number of carbonyl (C=O) groups is 1. The van der Waals surface area contributed by atoms with Crippen molar-refractivity contribution in [2.24, 2.45) is 0 Å². The van der Waals surface area contributed by atoms with Crippen molar-refractivity contribution in [3.05, 3.63) is 99.7 Å². The van der Waals surface area contributed by atoms with Crippen LogP contribution in [0.4, 0.5) is 4.39 Å². The molecule has 0 saturated carbocycles. The predicted octanol–water partition coefficient (Wildman–Crippen LogP) is 5.26. The van der Waals surface area contributed by atoms with Crippen molar-refractivity contribution in [3.8, 4) is 5.75 Å². The van der Waals surface area contributed by atoms with Crippen LogP contribution in [0.25, 0.3) is 11.0 Å². The van der Waals surface area contributed by atoms with E-state index < -0.39 is 0 Å². The van der Waals surface area contributed by atoms with Crippen molar-refractivity contribution < 1.29 is 13.9 Å². The van der Waals surface area contributed by atoms with Gasteiger partial charge in [-0.3, -0.25) is 14.3 Å². The average Bonchev–Trinajstić information content (AvgIpc) is 3.30. The first-order valence-corrected chi connectivity index (χ1v) is 14.2. The van der Waals surface area contributed by atoms with Crippen LogP contribution >= 0.6 is 0 Å². The van der Waals surface area contributed by atoms with Gasteiger partial charge in [0.25, 0.3) is 5.91 Å². The number of aromatic nitrogens is 2. The van der Waals surface area contributed by atoms with Gasteiger partial charge in [-0.25, -0.2) is 9.18 Å². The van der Waals surface area contributed by atoms with E-state index in [1.807, 2.05) is 61.2 Å². The molecule has 2 heterocycles. The zero-order chi connectivity index (χ0) is 28.1. The van der Waals surface area contributed by atoms with E-state index in [2.05, 4.69) is 16.0 Å². The third kappa shape index (κ3) is 6.12. The van der Waals surface area contributed by atoms with E-state index in [0.29, 0.717) is 30.8 Å². The maximum atomic E-state index is 13.6. The minimum atomic E-state index is -0.349. The molecule has 7 nitrogen and oxygen atoms in total. The van der Waals surface area contributed by atoms with E-state index in [-0.39, 0.29) is 23.5 Å². The fourth-order valence-electron chi connectivity index (χ4n) is 5.62. The lowest BCUT2D eigenvalue weighted by atomic mass is 10.0. The number of hydrogen-bond acceptors (Lipinski definition) is 4. The first-order valence-electron chi connectivity index (χ1n) is 14.2. The van der Waals surface area contributed by atoms with E-state index in [4.69, 9.17) is 4.74 Å². The topological polar surface area (TPSA) is 70.6 Å². The van der Waals surface area contributed by atoms with E-state index in [9.17, 15) is 14.0 Å². The number of nitrogens with zero attached hydrogens (tertiary/aromatic N) is 3. The molecular weight excluding hydrogens is 507 g/mol. The Bertz CT molecular complexity index is 1500. The summed E-state index contributed by atoms with van der Waals surface area (Å²) in [7, 11) is 0. The first-order chi connectivity index (χ1) is 19.5. The number of imidazole rings is 1. The third-order valence-corrected chi connectivity index (χ3v) is 7.88. The smallest absolute Gasteiger partial charge is 0.326 e. The number of halogens is 1. The Kier molecular flexibility index (Phi) is 8.65. The monoisotopic (exact) mass is 544 g/mol. The summed E-state index contributed by atoms with van der Waals surface area (Å²) in [4.78, 5) is 32.1. The second-order valence-electron chi connectivity index (χ2n) is 10.3. The van der Waals surface area contributed by atoms with Gasteiger partial charge in [0.15, 0.2) is 0 Å². The molecule has 8 heteroatoms. The number of H-pyrrole nitrogens is 1. The minimum absolute atomic E-state index is 0.0632. The van der Waals surface area contributed by atoms with Gasteiger partial charge in [0.1, 0.15) is 18.2 Å². The van der Waals surface area contributed by atoms with Crippen LogP contribution < -0.4 is 10.4 Å². The zero-order valence-electron chi connectivity index (χ0n) is 23.2. The lowest BCUT2D eigenvalue weighted by molar-refractivity contribution is 0.0773. The van der Waals surface area contributed by atoms with E-state index in [0.717, 1.165) is 61.3 Å². The molecule has 4 aromatic rings. The lowest BCUT2D eigenvalue weighted by Crippen LogP contribution is -2.38. The molecule has 5 rings (SSSR count). The van der Waals surface area contributed by atoms with Crippen molar-refractivity contribution in [2.75, 3.05) is 39.3 Å². The van der Waals surface area contributed by atoms with Gasteiger partial charge in [0, 0.05) is 50.7 Å². The summed E-state index contributed by atoms with van der Waals surface area (Å²) in [6.45, 7) is 8.50. The van der Waals surface area contributed by atoms with Crippen molar-refractivity contribution >= 4 is 16.9 Å². The van der Waals surface area contributed by atoms with E-state index >= 15 is 0 Å². The molecule has 1 amide bonds. The van der Waals surface area contributed by atoms with Crippen LogP contribution in [0, 0.1) is 5.82 Å². The fraction of sp³-hybridized carbons (Fsp3) is 0.375. The maximum Gasteiger partial charge on any atom is 0.326 e. The van der Waals surface area contributed by atoms with Gasteiger partial charge in [-0.1, -0.05) is 30.3 Å². The molecule has 1 aliphatic rings. The SMILES string of the molecule is CCN(CC)C(=O)c1ccc(Cc2ccccc2OCCN2CCC(n3c(=O)[nH]c4cc(F)ccc43)CC2)cc1. The molecule has 40 heavy (non-hydrogen) atoms. The van der Waals surface area contributed by atoms with Gasteiger partial charge >= 0.3 is 5.69 Å². The Balaban J connectivity index is 1.14. The molecule has 1 saturated heterocycles. The van der Waals surface area contributed by atoms with Gasteiger partial charge in [-0.15, -0.1) is 0 Å². The highest BCUT2D eigenvalue weighted by molar-refractivity contribution is 5.94. The fourth-order valence-corrected chi connectivity index (χ4v) is 5.62. The number of fused-ring (bicyclic) bond motifs is 1. The van der Waals surface area contributed by atoms with Crippen LogP contribution in [0.15, 0.2) is 71.5 Å². The number of nitrogens with one attached hydrogen (secondary N) is 1. The summed E-state index contributed by atoms with van der Waals surface area (Å²) in [6.07, 6.45) is 2.44. The number of ether oxygens (including phenoxy) is 1. The quantitative estimate of drug-likeness (QED) is 0.296. The summed E-state index contributed by atoms with van der Waals surface area (Å²) >= 11 is 0. The van der Waals surface area contributed by atoms with Gasteiger partial charge in [-0.05, 0) is 74.2 Å². The number of rotatable bonds is 10. The zero-order valence-corrected chi connectivity index (χ0v) is 23.2. The lowest BCUT2D eigenvalue weighted by Gasteiger charge is -2.32. The van der Waals surface area contributed by atoms with Gasteiger partial charge < -0.3 is 14.6 Å². The Hall–Kier alpha value is -3.91. The molecule has 1 fully saturated rings. The molecule has 0 spiro atoms. The number of carbonyl (C=O) groups excluding carboxylic acids is 1. The second-order valence-corrected chi connectivity index (χ2v) is 10.3. The average molecular weight is 545 g/mol. The van der Waals surface area contributed by atoms with Crippen molar-refractivity contribution in [3.63, 3.8) is 0 Å². The number of amides is 1. The summed E-state index contributed by atoms with van der Waals surface area (Å²) in [5.74, 6) is 0.587. The predicted molar refractivity (Wildman–Crippen MR) is 156 cm³/mol. The molecule has 0 aliphatic carbocycles. The Labute approximate surface area is 234 Å². The maximum absolute atomic E-state index is 13.6. The third-order valence-electron chi connectivity index (χ3n) is 7.88. The molecule has 1 aromatic heterocycles. The van der Waals surface area contributed by atoms with Crippen LogP contribution in [0.5, 0.6) is 5.75 Å². The molecule has 0 atom stereocenters. The number of aromatic amines is 1. The van der Waals surface area contributed by atoms with Crippen LogP contribution in [-0.2, 0) is 6.42 Å². The number of benzene rings is 3. The second kappa shape index (κ2) is 12.5. The van der Waals surface area contributed by atoms with Gasteiger partial charge in [0.2, 0.25) is 0 Å². The number of likely N-dealkylation sites (tertiary alicyclic amines) is 1. The van der Waals surface area contributed by atoms with Crippen molar-refractivity contribution in [1.82, 2.24) is 19.4 Å². The Morgan fingerprint density at radius 3 is 2.48 bits per heavy atom. The molecule has 0 bridgehead atoms. The summed E-state index contributed by atoms with van der Waals surface area (Å²) in [5.41, 5.74) is 4.08. The summed E-state index contributed by atoms with van der Waals surface area (Å²) in [6, 6.07) is 20.5. The van der Waals surface area contributed by atoms with Crippen LogP contribution in [-0.4, -0.2) is 64.6 Å². The number of para-hydroxylation sites is 1. The summed E-state index contributed by atoms with van der Waals surface area (Å²) < 4.78 is 21.6. The molecule has 3 aromatic carbocycles. The van der Waals surface area contributed by atoms with Crippen molar-refractivity contribution in [1.29, 1.82) is 0 Å². The molecule has 0 unspecified atom stereocenters. The normalized spacial score (nSPS) is 14.5. The molecular formula is C32H37FN4O3. The number of piperidine rings is 1. The highest BCUT2D eigenvalue weighted by Crippen LogP contribution is 2.26.